The van der Waals surface area contributed by atoms with Gasteiger partial charge in [0.1, 0.15) is 5.69 Å². The van der Waals surface area contributed by atoms with E-state index >= 15 is 0 Å². The molecule has 1 heterocycles. The van der Waals surface area contributed by atoms with E-state index in [0.717, 1.165) is 22.4 Å². The number of nitrogens with zero attached hydrogens (tertiary/aromatic N) is 2. The molecule has 0 radical (unpaired) electrons. The maximum absolute atomic E-state index is 4.59. The Morgan fingerprint density at radius 2 is 2.06 bits per heavy atom. The summed E-state index contributed by atoms with van der Waals surface area (Å²) in [6.45, 7) is 2.91. The van der Waals surface area contributed by atoms with Crippen LogP contribution >= 0.6 is 15.9 Å². The van der Waals surface area contributed by atoms with Crippen molar-refractivity contribution in [3.8, 4) is 11.3 Å². The highest BCUT2D eigenvalue weighted by molar-refractivity contribution is 9.10. The predicted molar refractivity (Wildman–Crippen MR) is 73.8 cm³/mol. The third-order valence-electron chi connectivity index (χ3n) is 2.85. The van der Waals surface area contributed by atoms with Crippen molar-refractivity contribution in [3.63, 3.8) is 0 Å². The van der Waals surface area contributed by atoms with E-state index in [1.165, 1.54) is 11.1 Å². The van der Waals surface area contributed by atoms with Gasteiger partial charge < -0.3 is 5.32 Å². The van der Waals surface area contributed by atoms with Crippen LogP contribution in [0, 0.1) is 6.92 Å². The predicted octanol–water partition coefficient (Wildman–Crippen LogP) is 2.88. The molecule has 0 amide bonds. The highest BCUT2D eigenvalue weighted by Crippen LogP contribution is 2.31. The van der Waals surface area contributed by atoms with Crippen molar-refractivity contribution >= 4 is 15.9 Å². The molecule has 0 unspecified atom stereocenters. The van der Waals surface area contributed by atoms with Gasteiger partial charge in [0.25, 0.3) is 0 Å². The largest absolute Gasteiger partial charge is 0.314 e. The molecule has 90 valence electrons. The monoisotopic (exact) mass is 293 g/mol. The van der Waals surface area contributed by atoms with Gasteiger partial charge in [-0.3, -0.25) is 4.68 Å². The molecule has 2 aromatic rings. The molecule has 2 rings (SSSR count). The van der Waals surface area contributed by atoms with E-state index < -0.39 is 0 Å². The van der Waals surface area contributed by atoms with E-state index in [2.05, 4.69) is 45.4 Å². The Balaban J connectivity index is 2.54. The molecule has 0 fully saturated rings. The van der Waals surface area contributed by atoms with Crippen molar-refractivity contribution in [1.82, 2.24) is 15.1 Å². The topological polar surface area (TPSA) is 29.9 Å². The summed E-state index contributed by atoms with van der Waals surface area (Å²) in [7, 11) is 3.91. The van der Waals surface area contributed by atoms with Crippen LogP contribution in [0.5, 0.6) is 0 Å². The molecule has 0 aliphatic rings. The SMILES string of the molecule is CNCc1c(Br)c(-c2ccccc2C)nn1C. The third-order valence-corrected chi connectivity index (χ3v) is 3.68. The second-order valence-corrected chi connectivity index (χ2v) is 4.87. The van der Waals surface area contributed by atoms with Gasteiger partial charge in [-0.2, -0.15) is 5.10 Å². The Morgan fingerprint density at radius 3 is 2.71 bits per heavy atom. The fraction of sp³-hybridized carbons (Fsp3) is 0.308. The minimum atomic E-state index is 0.802. The van der Waals surface area contributed by atoms with Gasteiger partial charge in [-0.25, -0.2) is 0 Å². The molecule has 0 bridgehead atoms. The molecule has 17 heavy (non-hydrogen) atoms. The average Bonchev–Trinajstić information content (AvgIpc) is 2.58. The standard InChI is InChI=1S/C13H16BrN3/c1-9-6-4-5-7-10(9)13-12(14)11(8-15-2)17(3)16-13/h4-7,15H,8H2,1-3H3. The molecule has 1 N–H and O–H groups in total. The first-order chi connectivity index (χ1) is 8.15. The lowest BCUT2D eigenvalue weighted by Crippen LogP contribution is -2.10. The van der Waals surface area contributed by atoms with E-state index in [0.29, 0.717) is 0 Å². The lowest BCUT2D eigenvalue weighted by atomic mass is 10.1. The fourth-order valence-electron chi connectivity index (χ4n) is 1.90. The molecule has 0 aliphatic carbocycles. The number of aromatic nitrogens is 2. The summed E-state index contributed by atoms with van der Waals surface area (Å²) >= 11 is 3.65. The van der Waals surface area contributed by atoms with Crippen LogP contribution in [0.2, 0.25) is 0 Å². The zero-order valence-electron chi connectivity index (χ0n) is 10.3. The van der Waals surface area contributed by atoms with Crippen LogP contribution in [0.25, 0.3) is 11.3 Å². The summed E-state index contributed by atoms with van der Waals surface area (Å²) in [5, 5.41) is 7.74. The number of aryl methyl sites for hydroxylation is 2. The molecule has 3 nitrogen and oxygen atoms in total. The fourth-order valence-corrected chi connectivity index (χ4v) is 2.59. The van der Waals surface area contributed by atoms with Gasteiger partial charge in [0.15, 0.2) is 0 Å². The summed E-state index contributed by atoms with van der Waals surface area (Å²) in [5.41, 5.74) is 4.58. The van der Waals surface area contributed by atoms with Crippen molar-refractivity contribution in [2.75, 3.05) is 7.05 Å². The van der Waals surface area contributed by atoms with Crippen molar-refractivity contribution in [2.24, 2.45) is 7.05 Å². The zero-order valence-corrected chi connectivity index (χ0v) is 11.9. The first kappa shape index (κ1) is 12.3. The van der Waals surface area contributed by atoms with Crippen LogP contribution in [0.4, 0.5) is 0 Å². The van der Waals surface area contributed by atoms with Crippen LogP contribution in [-0.4, -0.2) is 16.8 Å². The van der Waals surface area contributed by atoms with Crippen LogP contribution in [0.1, 0.15) is 11.3 Å². The maximum Gasteiger partial charge on any atom is 0.107 e. The lowest BCUT2D eigenvalue weighted by Gasteiger charge is -2.02. The highest BCUT2D eigenvalue weighted by atomic mass is 79.9. The molecule has 0 saturated heterocycles. The number of benzene rings is 1. The molecule has 4 heteroatoms. The molecule has 0 spiro atoms. The zero-order chi connectivity index (χ0) is 12.4. The second kappa shape index (κ2) is 5.02. The van der Waals surface area contributed by atoms with Gasteiger partial charge in [-0.1, -0.05) is 24.3 Å². The molecular weight excluding hydrogens is 278 g/mol. The van der Waals surface area contributed by atoms with E-state index in [-0.39, 0.29) is 0 Å². The van der Waals surface area contributed by atoms with Crippen molar-refractivity contribution in [2.45, 2.75) is 13.5 Å². The number of nitrogens with one attached hydrogen (secondary N) is 1. The molecule has 1 aromatic heterocycles. The third kappa shape index (κ3) is 2.28. The molecule has 1 aromatic carbocycles. The Morgan fingerprint density at radius 1 is 1.35 bits per heavy atom. The number of rotatable bonds is 3. The summed E-state index contributed by atoms with van der Waals surface area (Å²) in [5.74, 6) is 0. The minimum absolute atomic E-state index is 0.802. The Kier molecular flexibility index (Phi) is 3.64. The molecule has 0 atom stereocenters. The van der Waals surface area contributed by atoms with Gasteiger partial charge in [0, 0.05) is 19.2 Å². The van der Waals surface area contributed by atoms with E-state index in [9.17, 15) is 0 Å². The number of hydrogen-bond donors (Lipinski definition) is 1. The Hall–Kier alpha value is -1.13. The first-order valence-electron chi connectivity index (χ1n) is 5.57. The second-order valence-electron chi connectivity index (χ2n) is 4.08. The number of hydrogen-bond acceptors (Lipinski definition) is 2. The number of halogens is 1. The van der Waals surface area contributed by atoms with E-state index in [4.69, 9.17) is 0 Å². The summed E-state index contributed by atoms with van der Waals surface area (Å²) in [6, 6.07) is 8.30. The summed E-state index contributed by atoms with van der Waals surface area (Å²) in [4.78, 5) is 0. The lowest BCUT2D eigenvalue weighted by molar-refractivity contribution is 0.671. The van der Waals surface area contributed by atoms with Gasteiger partial charge >= 0.3 is 0 Å². The Bertz CT molecular complexity index is 531. The normalized spacial score (nSPS) is 10.8. The van der Waals surface area contributed by atoms with Crippen molar-refractivity contribution in [1.29, 1.82) is 0 Å². The average molecular weight is 294 g/mol. The first-order valence-corrected chi connectivity index (χ1v) is 6.36. The molecule has 0 aliphatic heterocycles. The van der Waals surface area contributed by atoms with Crippen molar-refractivity contribution in [3.05, 3.63) is 40.0 Å². The van der Waals surface area contributed by atoms with Crippen molar-refractivity contribution < 1.29 is 0 Å². The van der Waals surface area contributed by atoms with Crippen LogP contribution in [-0.2, 0) is 13.6 Å². The Labute approximate surface area is 110 Å². The molecular formula is C13H16BrN3. The van der Waals surface area contributed by atoms with E-state index in [1.807, 2.05) is 30.9 Å². The highest BCUT2D eigenvalue weighted by Gasteiger charge is 2.15. The maximum atomic E-state index is 4.59. The summed E-state index contributed by atoms with van der Waals surface area (Å²) in [6.07, 6.45) is 0. The van der Waals surface area contributed by atoms with Gasteiger partial charge in [0.2, 0.25) is 0 Å². The quantitative estimate of drug-likeness (QED) is 0.943. The smallest absolute Gasteiger partial charge is 0.107 e. The van der Waals surface area contributed by atoms with E-state index in [1.54, 1.807) is 0 Å². The van der Waals surface area contributed by atoms with Gasteiger partial charge in [-0.05, 0) is 35.5 Å². The van der Waals surface area contributed by atoms with Gasteiger partial charge in [0.05, 0.1) is 10.2 Å². The van der Waals surface area contributed by atoms with Gasteiger partial charge in [-0.15, -0.1) is 0 Å². The van der Waals surface area contributed by atoms with Crippen LogP contribution in [0.15, 0.2) is 28.7 Å². The molecule has 0 saturated carbocycles. The van der Waals surface area contributed by atoms with Crippen LogP contribution in [0.3, 0.4) is 0 Å². The minimum Gasteiger partial charge on any atom is -0.314 e. The van der Waals surface area contributed by atoms with Crippen LogP contribution < -0.4 is 5.32 Å². The summed E-state index contributed by atoms with van der Waals surface area (Å²) < 4.78 is 2.99.